The fourth-order valence-electron chi connectivity index (χ4n) is 4.33. The van der Waals surface area contributed by atoms with Crippen LogP contribution in [0.4, 0.5) is 0 Å². The van der Waals surface area contributed by atoms with Crippen LogP contribution in [0.3, 0.4) is 0 Å². The molecule has 0 aromatic carbocycles. The van der Waals surface area contributed by atoms with E-state index in [-0.39, 0.29) is 17.7 Å². The Labute approximate surface area is 140 Å². The van der Waals surface area contributed by atoms with Crippen molar-refractivity contribution >= 4 is 11.9 Å². The Morgan fingerprint density at radius 1 is 0.913 bits per heavy atom. The van der Waals surface area contributed by atoms with Gasteiger partial charge >= 0.3 is 5.97 Å². The van der Waals surface area contributed by atoms with Gasteiger partial charge in [0.25, 0.3) is 0 Å². The topological polar surface area (TPSA) is 66.4 Å². The normalized spacial score (nSPS) is 31.8. The molecule has 0 aliphatic heterocycles. The summed E-state index contributed by atoms with van der Waals surface area (Å²) < 4.78 is 0. The molecule has 2 rings (SSSR count). The third-order valence-electron chi connectivity index (χ3n) is 5.78. The Hall–Kier alpha value is -1.06. The number of amides is 1. The van der Waals surface area contributed by atoms with Crippen LogP contribution in [0, 0.1) is 29.6 Å². The quantitative estimate of drug-likeness (QED) is 0.780. The molecule has 1 amide bonds. The van der Waals surface area contributed by atoms with E-state index in [0.29, 0.717) is 5.92 Å². The van der Waals surface area contributed by atoms with E-state index in [9.17, 15) is 9.59 Å². The molecule has 0 aromatic rings. The van der Waals surface area contributed by atoms with Crippen molar-refractivity contribution in [2.75, 3.05) is 6.54 Å². The Morgan fingerprint density at radius 2 is 1.43 bits per heavy atom. The number of carbonyl (C=O) groups is 2. The lowest BCUT2D eigenvalue weighted by molar-refractivity contribution is -0.143. The maximum absolute atomic E-state index is 12.3. The van der Waals surface area contributed by atoms with Gasteiger partial charge in [0.05, 0.1) is 5.92 Å². The van der Waals surface area contributed by atoms with Gasteiger partial charge < -0.3 is 10.4 Å². The minimum absolute atomic E-state index is 0.168. The number of carbonyl (C=O) groups excluding carboxylic acids is 1. The highest BCUT2D eigenvalue weighted by Gasteiger charge is 2.29. The SMILES string of the molecule is CC(C)C[C@H]1CC[C@H](C(=O)NCC2CCC(C(=O)O)CC2)CC1. The van der Waals surface area contributed by atoms with Crippen LogP contribution in [-0.2, 0) is 9.59 Å². The van der Waals surface area contributed by atoms with Crippen LogP contribution in [0.15, 0.2) is 0 Å². The van der Waals surface area contributed by atoms with Crippen LogP contribution in [0.1, 0.15) is 71.6 Å². The Bertz CT molecular complexity index is 391. The molecule has 0 atom stereocenters. The predicted octanol–water partition coefficient (Wildman–Crippen LogP) is 3.85. The first kappa shape index (κ1) is 18.3. The number of rotatable bonds is 6. The highest BCUT2D eigenvalue weighted by molar-refractivity contribution is 5.78. The average Bonchev–Trinajstić information content (AvgIpc) is 2.53. The second-order valence-corrected chi connectivity index (χ2v) is 8.15. The van der Waals surface area contributed by atoms with Gasteiger partial charge in [-0.15, -0.1) is 0 Å². The molecule has 4 heteroatoms. The summed E-state index contributed by atoms with van der Waals surface area (Å²) in [6.45, 7) is 5.28. The molecule has 0 unspecified atom stereocenters. The summed E-state index contributed by atoms with van der Waals surface area (Å²) in [4.78, 5) is 23.3. The summed E-state index contributed by atoms with van der Waals surface area (Å²) in [6, 6.07) is 0. The van der Waals surface area contributed by atoms with Crippen molar-refractivity contribution in [3.05, 3.63) is 0 Å². The highest BCUT2D eigenvalue weighted by Crippen LogP contribution is 2.33. The van der Waals surface area contributed by atoms with E-state index < -0.39 is 5.97 Å². The lowest BCUT2D eigenvalue weighted by atomic mass is 9.78. The minimum Gasteiger partial charge on any atom is -0.481 e. The molecule has 0 bridgehead atoms. The van der Waals surface area contributed by atoms with Gasteiger partial charge in [-0.3, -0.25) is 9.59 Å². The largest absolute Gasteiger partial charge is 0.481 e. The second-order valence-electron chi connectivity index (χ2n) is 8.15. The third-order valence-corrected chi connectivity index (χ3v) is 5.78. The lowest BCUT2D eigenvalue weighted by Crippen LogP contribution is -2.37. The summed E-state index contributed by atoms with van der Waals surface area (Å²) in [5.41, 5.74) is 0. The molecular formula is C19H33NO3. The summed E-state index contributed by atoms with van der Waals surface area (Å²) >= 11 is 0. The van der Waals surface area contributed by atoms with E-state index in [0.717, 1.165) is 56.9 Å². The van der Waals surface area contributed by atoms with E-state index in [2.05, 4.69) is 19.2 Å². The molecule has 0 aromatic heterocycles. The van der Waals surface area contributed by atoms with Gasteiger partial charge in [0.1, 0.15) is 0 Å². The first-order chi connectivity index (χ1) is 11.0. The molecule has 0 spiro atoms. The van der Waals surface area contributed by atoms with E-state index in [1.807, 2.05) is 0 Å². The maximum Gasteiger partial charge on any atom is 0.306 e. The van der Waals surface area contributed by atoms with Crippen LogP contribution in [-0.4, -0.2) is 23.5 Å². The van der Waals surface area contributed by atoms with Gasteiger partial charge in [0.2, 0.25) is 5.91 Å². The molecule has 2 saturated carbocycles. The fourth-order valence-corrected chi connectivity index (χ4v) is 4.33. The van der Waals surface area contributed by atoms with E-state index >= 15 is 0 Å². The van der Waals surface area contributed by atoms with Gasteiger partial charge in [-0.05, 0) is 75.5 Å². The van der Waals surface area contributed by atoms with Crippen LogP contribution in [0.25, 0.3) is 0 Å². The van der Waals surface area contributed by atoms with E-state index in [1.165, 1.54) is 19.3 Å². The first-order valence-corrected chi connectivity index (χ1v) is 9.46. The number of carboxylic acid groups (broad SMARTS) is 1. The first-order valence-electron chi connectivity index (χ1n) is 9.46. The van der Waals surface area contributed by atoms with Crippen molar-refractivity contribution in [1.82, 2.24) is 5.32 Å². The molecule has 4 nitrogen and oxygen atoms in total. The molecule has 23 heavy (non-hydrogen) atoms. The number of aliphatic carboxylic acids is 1. The van der Waals surface area contributed by atoms with Gasteiger partial charge in [-0.25, -0.2) is 0 Å². The van der Waals surface area contributed by atoms with Crippen molar-refractivity contribution in [3.8, 4) is 0 Å². The molecular weight excluding hydrogens is 290 g/mol. The summed E-state index contributed by atoms with van der Waals surface area (Å²) in [5, 5.41) is 12.2. The molecule has 2 N–H and O–H groups in total. The zero-order valence-corrected chi connectivity index (χ0v) is 14.7. The third kappa shape index (κ3) is 5.82. The van der Waals surface area contributed by atoms with Crippen LogP contribution in [0.5, 0.6) is 0 Å². The molecule has 2 aliphatic rings. The summed E-state index contributed by atoms with van der Waals surface area (Å²) in [6.07, 6.45) is 9.13. The standard InChI is InChI=1S/C19H33NO3/c1-13(2)11-14-3-7-16(8-4-14)18(21)20-12-15-5-9-17(10-6-15)19(22)23/h13-17H,3-12H2,1-2H3,(H,20,21)(H,22,23)/t14-,15?,16-,17?. The zero-order valence-electron chi connectivity index (χ0n) is 14.7. The van der Waals surface area contributed by atoms with Crippen molar-refractivity contribution in [2.24, 2.45) is 29.6 Å². The van der Waals surface area contributed by atoms with Gasteiger partial charge in [-0.2, -0.15) is 0 Å². The van der Waals surface area contributed by atoms with Crippen molar-refractivity contribution in [3.63, 3.8) is 0 Å². The van der Waals surface area contributed by atoms with Crippen LogP contribution in [0.2, 0.25) is 0 Å². The van der Waals surface area contributed by atoms with Crippen LogP contribution >= 0.6 is 0 Å². The molecule has 2 aliphatic carbocycles. The van der Waals surface area contributed by atoms with Crippen LogP contribution < -0.4 is 5.32 Å². The lowest BCUT2D eigenvalue weighted by Gasteiger charge is -2.30. The van der Waals surface area contributed by atoms with Crippen molar-refractivity contribution in [1.29, 1.82) is 0 Å². The molecule has 0 saturated heterocycles. The van der Waals surface area contributed by atoms with Crippen molar-refractivity contribution in [2.45, 2.75) is 71.6 Å². The van der Waals surface area contributed by atoms with E-state index in [1.54, 1.807) is 0 Å². The number of carboxylic acids is 1. The minimum atomic E-state index is -0.661. The van der Waals surface area contributed by atoms with E-state index in [4.69, 9.17) is 5.11 Å². The maximum atomic E-state index is 12.3. The van der Waals surface area contributed by atoms with Crippen molar-refractivity contribution < 1.29 is 14.7 Å². The highest BCUT2D eigenvalue weighted by atomic mass is 16.4. The van der Waals surface area contributed by atoms with Gasteiger partial charge in [-0.1, -0.05) is 13.8 Å². The number of hydrogen-bond acceptors (Lipinski definition) is 2. The Balaban J connectivity index is 1.63. The Morgan fingerprint density at radius 3 is 1.96 bits per heavy atom. The number of hydrogen-bond donors (Lipinski definition) is 2. The monoisotopic (exact) mass is 323 g/mol. The molecule has 0 radical (unpaired) electrons. The number of nitrogens with one attached hydrogen (secondary N) is 1. The molecule has 0 heterocycles. The average molecular weight is 323 g/mol. The summed E-state index contributed by atoms with van der Waals surface area (Å²) in [7, 11) is 0. The predicted molar refractivity (Wildman–Crippen MR) is 91.0 cm³/mol. The molecule has 132 valence electrons. The zero-order chi connectivity index (χ0) is 16.8. The molecule has 2 fully saturated rings. The second kappa shape index (κ2) is 8.70. The van der Waals surface area contributed by atoms with Gasteiger partial charge in [0, 0.05) is 12.5 Å². The smallest absolute Gasteiger partial charge is 0.306 e. The summed E-state index contributed by atoms with van der Waals surface area (Å²) in [5.74, 6) is 1.63. The fraction of sp³-hybridized carbons (Fsp3) is 0.895. The Kier molecular flexibility index (Phi) is 6.91. The van der Waals surface area contributed by atoms with Gasteiger partial charge in [0.15, 0.2) is 0 Å².